The Bertz CT molecular complexity index is 709. The Hall–Kier alpha value is -2.30. The van der Waals surface area contributed by atoms with E-state index in [2.05, 4.69) is 15.2 Å². The van der Waals surface area contributed by atoms with Crippen molar-refractivity contribution in [3.63, 3.8) is 0 Å². The van der Waals surface area contributed by atoms with Gasteiger partial charge in [-0.2, -0.15) is 0 Å². The predicted molar refractivity (Wildman–Crippen MR) is 79.5 cm³/mol. The lowest BCUT2D eigenvalue weighted by atomic mass is 9.81. The van der Waals surface area contributed by atoms with E-state index in [1.807, 2.05) is 31.2 Å². The minimum atomic E-state index is -0.461. The zero-order valence-corrected chi connectivity index (χ0v) is 11.9. The van der Waals surface area contributed by atoms with Crippen LogP contribution in [0.25, 0.3) is 0 Å². The van der Waals surface area contributed by atoms with Gasteiger partial charge in [0.25, 0.3) is 6.01 Å². The first-order valence-corrected chi connectivity index (χ1v) is 7.33. The summed E-state index contributed by atoms with van der Waals surface area (Å²) in [5, 5.41) is 3.00. The molecule has 2 aromatic rings. The van der Waals surface area contributed by atoms with Crippen LogP contribution in [0.5, 0.6) is 0 Å². The molecule has 1 saturated heterocycles. The number of aromatic nitrogens is 1. The third kappa shape index (κ3) is 1.70. The summed E-state index contributed by atoms with van der Waals surface area (Å²) in [6.45, 7) is 3.45. The normalized spacial score (nSPS) is 23.7. The number of fused-ring (bicyclic) bond motifs is 2. The summed E-state index contributed by atoms with van der Waals surface area (Å²) in [6.07, 6.45) is 3.39. The molecule has 3 heterocycles. The smallest absolute Gasteiger partial charge is 0.297 e. The number of amides is 1. The second kappa shape index (κ2) is 4.35. The highest BCUT2D eigenvalue weighted by atomic mass is 16.4. The number of rotatable bonds is 2. The van der Waals surface area contributed by atoms with E-state index in [0.717, 1.165) is 36.4 Å². The molecule has 1 amide bonds. The molecule has 4 rings (SSSR count). The van der Waals surface area contributed by atoms with Crippen molar-refractivity contribution in [2.24, 2.45) is 0 Å². The fourth-order valence-corrected chi connectivity index (χ4v) is 3.36. The van der Waals surface area contributed by atoms with Crippen molar-refractivity contribution in [3.8, 4) is 0 Å². The van der Waals surface area contributed by atoms with Crippen LogP contribution < -0.4 is 10.2 Å². The highest BCUT2D eigenvalue weighted by molar-refractivity contribution is 6.07. The van der Waals surface area contributed by atoms with E-state index in [-0.39, 0.29) is 5.91 Å². The van der Waals surface area contributed by atoms with Crippen molar-refractivity contribution in [2.75, 3.05) is 23.3 Å². The molecule has 2 aliphatic rings. The second-order valence-corrected chi connectivity index (χ2v) is 5.72. The Morgan fingerprint density at radius 3 is 3.10 bits per heavy atom. The van der Waals surface area contributed by atoms with E-state index >= 15 is 0 Å². The molecule has 0 bridgehead atoms. The van der Waals surface area contributed by atoms with Gasteiger partial charge in [0.15, 0.2) is 0 Å². The average molecular weight is 283 g/mol. The van der Waals surface area contributed by atoms with Crippen molar-refractivity contribution >= 4 is 17.6 Å². The Morgan fingerprint density at radius 1 is 1.43 bits per heavy atom. The zero-order valence-electron chi connectivity index (χ0n) is 11.9. The molecule has 1 atom stereocenters. The van der Waals surface area contributed by atoms with Crippen LogP contribution in [0.1, 0.15) is 24.7 Å². The zero-order chi connectivity index (χ0) is 14.4. The summed E-state index contributed by atoms with van der Waals surface area (Å²) < 4.78 is 5.73. The Labute approximate surface area is 123 Å². The van der Waals surface area contributed by atoms with Crippen molar-refractivity contribution in [3.05, 3.63) is 41.8 Å². The molecule has 108 valence electrons. The lowest BCUT2D eigenvalue weighted by Crippen LogP contribution is -2.37. The van der Waals surface area contributed by atoms with Crippen LogP contribution in [0.15, 0.2) is 34.9 Å². The minimum Gasteiger partial charge on any atom is -0.429 e. The first-order chi connectivity index (χ1) is 10.2. The van der Waals surface area contributed by atoms with Crippen LogP contribution in [0.2, 0.25) is 0 Å². The molecule has 1 spiro atoms. The molecule has 1 fully saturated rings. The van der Waals surface area contributed by atoms with Gasteiger partial charge in [-0.3, -0.25) is 4.79 Å². The topological polar surface area (TPSA) is 58.4 Å². The molecule has 5 heteroatoms. The summed E-state index contributed by atoms with van der Waals surface area (Å²) in [4.78, 5) is 18.9. The average Bonchev–Trinajstić information content (AvgIpc) is 3.20. The fraction of sp³-hybridized carbons (Fsp3) is 0.375. The first kappa shape index (κ1) is 12.4. The van der Waals surface area contributed by atoms with Gasteiger partial charge in [-0.25, -0.2) is 4.98 Å². The standard InChI is InChI=1S/C16H17N3O2/c1-2-11-9-17-15(21-11)19-8-7-16(10-19)12-5-3-4-6-13(12)18-14(16)20/h3-6,9H,2,7-8,10H2,1H3,(H,18,20). The Kier molecular flexibility index (Phi) is 2.58. The van der Waals surface area contributed by atoms with Crippen LogP contribution in [0.3, 0.4) is 0 Å². The second-order valence-electron chi connectivity index (χ2n) is 5.72. The highest BCUT2D eigenvalue weighted by Gasteiger charge is 2.51. The molecule has 0 radical (unpaired) electrons. The van der Waals surface area contributed by atoms with E-state index in [4.69, 9.17) is 4.42 Å². The number of nitrogens with one attached hydrogen (secondary N) is 1. The summed E-state index contributed by atoms with van der Waals surface area (Å²) in [7, 11) is 0. The van der Waals surface area contributed by atoms with Crippen molar-refractivity contribution < 1.29 is 9.21 Å². The lowest BCUT2D eigenvalue weighted by molar-refractivity contribution is -0.120. The molecule has 0 saturated carbocycles. The number of oxazole rings is 1. The number of carbonyl (C=O) groups is 1. The predicted octanol–water partition coefficient (Wildman–Crippen LogP) is 2.34. The summed E-state index contributed by atoms with van der Waals surface area (Å²) >= 11 is 0. The van der Waals surface area contributed by atoms with Gasteiger partial charge >= 0.3 is 0 Å². The van der Waals surface area contributed by atoms with E-state index in [1.165, 1.54) is 0 Å². The molecule has 1 aromatic heterocycles. The van der Waals surface area contributed by atoms with Gasteiger partial charge in [-0.1, -0.05) is 25.1 Å². The third-order valence-corrected chi connectivity index (χ3v) is 4.56. The van der Waals surface area contributed by atoms with Crippen LogP contribution in [-0.2, 0) is 16.6 Å². The summed E-state index contributed by atoms with van der Waals surface area (Å²) in [6, 6.07) is 8.58. The van der Waals surface area contributed by atoms with Crippen LogP contribution in [0, 0.1) is 0 Å². The Morgan fingerprint density at radius 2 is 2.29 bits per heavy atom. The minimum absolute atomic E-state index is 0.0912. The Balaban J connectivity index is 1.68. The lowest BCUT2D eigenvalue weighted by Gasteiger charge is -2.21. The number of para-hydroxylation sites is 1. The number of hydrogen-bond acceptors (Lipinski definition) is 4. The van der Waals surface area contributed by atoms with Gasteiger partial charge < -0.3 is 14.6 Å². The molecule has 2 aliphatic heterocycles. The maximum Gasteiger partial charge on any atom is 0.297 e. The van der Waals surface area contributed by atoms with Gasteiger partial charge in [0.05, 0.1) is 11.6 Å². The van der Waals surface area contributed by atoms with E-state index in [9.17, 15) is 4.79 Å². The highest BCUT2D eigenvalue weighted by Crippen LogP contribution is 2.44. The van der Waals surface area contributed by atoms with Crippen LogP contribution in [0.4, 0.5) is 11.7 Å². The number of carbonyl (C=O) groups excluding carboxylic acids is 1. The monoisotopic (exact) mass is 283 g/mol. The van der Waals surface area contributed by atoms with Gasteiger partial charge in [-0.15, -0.1) is 0 Å². The van der Waals surface area contributed by atoms with Gasteiger partial charge in [0.1, 0.15) is 5.76 Å². The molecule has 1 N–H and O–H groups in total. The molecule has 21 heavy (non-hydrogen) atoms. The van der Waals surface area contributed by atoms with E-state index in [0.29, 0.717) is 12.6 Å². The maximum atomic E-state index is 12.5. The maximum absolute atomic E-state index is 12.5. The van der Waals surface area contributed by atoms with E-state index in [1.54, 1.807) is 6.20 Å². The summed E-state index contributed by atoms with van der Waals surface area (Å²) in [5.41, 5.74) is 1.57. The van der Waals surface area contributed by atoms with Gasteiger partial charge in [0.2, 0.25) is 5.91 Å². The number of aryl methyl sites for hydroxylation is 1. The molecule has 5 nitrogen and oxygen atoms in total. The molecule has 0 aliphatic carbocycles. The van der Waals surface area contributed by atoms with Gasteiger partial charge in [-0.05, 0) is 18.1 Å². The third-order valence-electron chi connectivity index (χ3n) is 4.56. The fourth-order valence-electron chi connectivity index (χ4n) is 3.36. The molecular weight excluding hydrogens is 266 g/mol. The van der Waals surface area contributed by atoms with Crippen LogP contribution in [-0.4, -0.2) is 24.0 Å². The van der Waals surface area contributed by atoms with Crippen molar-refractivity contribution in [1.29, 1.82) is 0 Å². The summed E-state index contributed by atoms with van der Waals surface area (Å²) in [5.74, 6) is 0.968. The number of hydrogen-bond donors (Lipinski definition) is 1. The number of nitrogens with zero attached hydrogens (tertiary/aromatic N) is 2. The number of anilines is 2. The van der Waals surface area contributed by atoms with Crippen molar-refractivity contribution in [2.45, 2.75) is 25.2 Å². The van der Waals surface area contributed by atoms with Crippen LogP contribution >= 0.6 is 0 Å². The van der Waals surface area contributed by atoms with E-state index < -0.39 is 5.41 Å². The molecule has 1 aromatic carbocycles. The largest absolute Gasteiger partial charge is 0.429 e. The van der Waals surface area contributed by atoms with Crippen molar-refractivity contribution in [1.82, 2.24) is 4.98 Å². The molecular formula is C16H17N3O2. The number of benzene rings is 1. The molecule has 1 unspecified atom stereocenters. The van der Waals surface area contributed by atoms with Gasteiger partial charge in [0, 0.05) is 25.2 Å². The first-order valence-electron chi connectivity index (χ1n) is 7.33. The quantitative estimate of drug-likeness (QED) is 0.919. The SMILES string of the molecule is CCc1cnc(N2CCC3(C2)C(=O)Nc2ccccc23)o1.